The van der Waals surface area contributed by atoms with Gasteiger partial charge in [-0.2, -0.15) is 0 Å². The van der Waals surface area contributed by atoms with Crippen LogP contribution in [0.25, 0.3) is 0 Å². The van der Waals surface area contributed by atoms with E-state index >= 15 is 0 Å². The SMILES string of the molecule is CCOc1ccccc1N1CCN(C(=S)Nc2ccc(C)cc2Cl)CC1. The van der Waals surface area contributed by atoms with Gasteiger partial charge < -0.3 is 19.9 Å². The van der Waals surface area contributed by atoms with Gasteiger partial charge in [0.15, 0.2) is 5.11 Å². The lowest BCUT2D eigenvalue weighted by Crippen LogP contribution is -2.50. The summed E-state index contributed by atoms with van der Waals surface area (Å²) in [6.07, 6.45) is 0. The van der Waals surface area contributed by atoms with Crippen molar-refractivity contribution in [3.8, 4) is 5.75 Å². The molecule has 1 N–H and O–H groups in total. The summed E-state index contributed by atoms with van der Waals surface area (Å²) in [5.41, 5.74) is 3.13. The van der Waals surface area contributed by atoms with E-state index in [1.807, 2.05) is 44.2 Å². The van der Waals surface area contributed by atoms with Gasteiger partial charge in [0.25, 0.3) is 0 Å². The molecule has 1 heterocycles. The first-order valence-corrected chi connectivity index (χ1v) is 9.66. The Labute approximate surface area is 165 Å². The summed E-state index contributed by atoms with van der Waals surface area (Å²) in [7, 11) is 0. The Balaban J connectivity index is 1.60. The van der Waals surface area contributed by atoms with Gasteiger partial charge in [-0.15, -0.1) is 0 Å². The van der Waals surface area contributed by atoms with Crippen LogP contribution in [0.4, 0.5) is 11.4 Å². The fourth-order valence-electron chi connectivity index (χ4n) is 3.06. The molecule has 0 aliphatic carbocycles. The highest BCUT2D eigenvalue weighted by Crippen LogP contribution is 2.29. The first-order valence-electron chi connectivity index (χ1n) is 8.87. The molecule has 0 unspecified atom stereocenters. The number of hydrogen-bond acceptors (Lipinski definition) is 3. The van der Waals surface area contributed by atoms with Gasteiger partial charge in [-0.05, 0) is 55.9 Å². The van der Waals surface area contributed by atoms with Gasteiger partial charge in [0.1, 0.15) is 5.75 Å². The van der Waals surface area contributed by atoms with E-state index in [2.05, 4.69) is 27.2 Å². The average molecular weight is 390 g/mol. The number of anilines is 2. The van der Waals surface area contributed by atoms with Crippen LogP contribution in [0.15, 0.2) is 42.5 Å². The maximum Gasteiger partial charge on any atom is 0.173 e. The van der Waals surface area contributed by atoms with Crippen molar-refractivity contribution in [2.75, 3.05) is 43.0 Å². The molecule has 1 aliphatic heterocycles. The van der Waals surface area contributed by atoms with E-state index in [1.165, 1.54) is 0 Å². The molecular weight excluding hydrogens is 366 g/mol. The standard InChI is InChI=1S/C20H24ClN3OS/c1-3-25-19-7-5-4-6-18(19)23-10-12-24(13-11-23)20(26)22-17-9-8-15(2)14-16(17)21/h4-9,14H,3,10-13H2,1-2H3,(H,22,26). The lowest BCUT2D eigenvalue weighted by Gasteiger charge is -2.38. The third-order valence-corrected chi connectivity index (χ3v) is 5.11. The number of nitrogens with zero attached hydrogens (tertiary/aromatic N) is 2. The Kier molecular flexibility index (Phi) is 6.22. The number of para-hydroxylation sites is 2. The predicted octanol–water partition coefficient (Wildman–Crippen LogP) is 4.57. The maximum absolute atomic E-state index is 6.30. The second kappa shape index (κ2) is 8.60. The highest BCUT2D eigenvalue weighted by Gasteiger charge is 2.21. The van der Waals surface area contributed by atoms with Gasteiger partial charge in [-0.25, -0.2) is 0 Å². The second-order valence-electron chi connectivity index (χ2n) is 6.29. The van der Waals surface area contributed by atoms with E-state index in [9.17, 15) is 0 Å². The van der Waals surface area contributed by atoms with Crippen molar-refractivity contribution in [1.29, 1.82) is 0 Å². The molecule has 6 heteroatoms. The van der Waals surface area contributed by atoms with Crippen LogP contribution in [0.5, 0.6) is 5.75 Å². The molecule has 26 heavy (non-hydrogen) atoms. The van der Waals surface area contributed by atoms with Crippen molar-refractivity contribution in [3.05, 3.63) is 53.1 Å². The number of piperazine rings is 1. The molecule has 2 aromatic rings. The van der Waals surface area contributed by atoms with Gasteiger partial charge in [0.2, 0.25) is 0 Å². The molecule has 0 spiro atoms. The highest BCUT2D eigenvalue weighted by molar-refractivity contribution is 7.80. The van der Waals surface area contributed by atoms with Gasteiger partial charge >= 0.3 is 0 Å². The van der Waals surface area contributed by atoms with Crippen molar-refractivity contribution in [2.45, 2.75) is 13.8 Å². The monoisotopic (exact) mass is 389 g/mol. The van der Waals surface area contributed by atoms with Gasteiger partial charge in [0, 0.05) is 26.2 Å². The third-order valence-electron chi connectivity index (χ3n) is 4.44. The number of rotatable bonds is 4. The third kappa shape index (κ3) is 4.40. The summed E-state index contributed by atoms with van der Waals surface area (Å²) < 4.78 is 5.76. The van der Waals surface area contributed by atoms with Crippen LogP contribution in [0.2, 0.25) is 5.02 Å². The van der Waals surface area contributed by atoms with E-state index in [4.69, 9.17) is 28.6 Å². The minimum Gasteiger partial charge on any atom is -0.492 e. The Bertz CT molecular complexity index is 775. The molecular formula is C20H24ClN3OS. The number of aryl methyl sites for hydroxylation is 1. The van der Waals surface area contributed by atoms with Gasteiger partial charge in [-0.3, -0.25) is 0 Å². The lowest BCUT2D eigenvalue weighted by atomic mass is 10.2. The first-order chi connectivity index (χ1) is 12.6. The first kappa shape index (κ1) is 18.8. The smallest absolute Gasteiger partial charge is 0.173 e. The van der Waals surface area contributed by atoms with Crippen LogP contribution >= 0.6 is 23.8 Å². The molecule has 2 aromatic carbocycles. The Morgan fingerprint density at radius 2 is 1.88 bits per heavy atom. The van der Waals surface area contributed by atoms with Gasteiger partial charge in [-0.1, -0.05) is 29.8 Å². The van der Waals surface area contributed by atoms with Crippen LogP contribution in [0.3, 0.4) is 0 Å². The van der Waals surface area contributed by atoms with Crippen molar-refractivity contribution in [2.24, 2.45) is 0 Å². The van der Waals surface area contributed by atoms with E-state index in [-0.39, 0.29) is 0 Å². The van der Waals surface area contributed by atoms with Crippen LogP contribution in [-0.2, 0) is 0 Å². The number of nitrogens with one attached hydrogen (secondary N) is 1. The second-order valence-corrected chi connectivity index (χ2v) is 7.08. The van der Waals surface area contributed by atoms with Crippen molar-refractivity contribution in [3.63, 3.8) is 0 Å². The zero-order chi connectivity index (χ0) is 18.5. The molecule has 138 valence electrons. The molecule has 3 rings (SSSR count). The molecule has 4 nitrogen and oxygen atoms in total. The molecule has 0 bridgehead atoms. The topological polar surface area (TPSA) is 27.7 Å². The summed E-state index contributed by atoms with van der Waals surface area (Å²) in [4.78, 5) is 4.54. The maximum atomic E-state index is 6.30. The molecule has 1 saturated heterocycles. The van der Waals surface area contributed by atoms with E-state index in [1.54, 1.807) is 0 Å². The minimum atomic E-state index is 0.669. The van der Waals surface area contributed by atoms with Gasteiger partial charge in [0.05, 0.1) is 23.0 Å². The summed E-state index contributed by atoms with van der Waals surface area (Å²) in [5.74, 6) is 0.940. The predicted molar refractivity (Wildman–Crippen MR) is 114 cm³/mol. The summed E-state index contributed by atoms with van der Waals surface area (Å²) in [6.45, 7) is 8.21. The Hall–Kier alpha value is -1.98. The number of halogens is 1. The van der Waals surface area contributed by atoms with Crippen molar-refractivity contribution < 1.29 is 4.74 Å². The zero-order valence-electron chi connectivity index (χ0n) is 15.2. The minimum absolute atomic E-state index is 0.669. The number of benzene rings is 2. The Morgan fingerprint density at radius 3 is 2.58 bits per heavy atom. The lowest BCUT2D eigenvalue weighted by molar-refractivity contribution is 0.336. The van der Waals surface area contributed by atoms with Crippen LogP contribution in [-0.4, -0.2) is 42.8 Å². The zero-order valence-corrected chi connectivity index (χ0v) is 16.7. The van der Waals surface area contributed by atoms with Crippen LogP contribution in [0, 0.1) is 6.92 Å². The molecule has 0 atom stereocenters. The normalized spacial score (nSPS) is 14.3. The number of ether oxygens (including phenoxy) is 1. The summed E-state index contributed by atoms with van der Waals surface area (Å²) in [5, 5.41) is 4.68. The quantitative estimate of drug-likeness (QED) is 0.773. The van der Waals surface area contributed by atoms with E-state index < -0.39 is 0 Å². The molecule has 0 aromatic heterocycles. The molecule has 0 radical (unpaired) electrons. The fourth-order valence-corrected chi connectivity index (χ4v) is 3.64. The Morgan fingerprint density at radius 1 is 1.15 bits per heavy atom. The molecule has 0 saturated carbocycles. The number of hydrogen-bond donors (Lipinski definition) is 1. The summed E-state index contributed by atoms with van der Waals surface area (Å²) in [6, 6.07) is 14.1. The van der Waals surface area contributed by atoms with Crippen molar-refractivity contribution in [1.82, 2.24) is 4.90 Å². The number of thiocarbonyl (C=S) groups is 1. The summed E-state index contributed by atoms with van der Waals surface area (Å²) >= 11 is 11.9. The largest absolute Gasteiger partial charge is 0.492 e. The highest BCUT2D eigenvalue weighted by atomic mass is 35.5. The average Bonchev–Trinajstić information content (AvgIpc) is 2.65. The van der Waals surface area contributed by atoms with E-state index in [0.29, 0.717) is 16.7 Å². The fraction of sp³-hybridized carbons (Fsp3) is 0.350. The van der Waals surface area contributed by atoms with Crippen LogP contribution in [0.1, 0.15) is 12.5 Å². The molecule has 1 fully saturated rings. The van der Waals surface area contributed by atoms with E-state index in [0.717, 1.165) is 48.9 Å². The van der Waals surface area contributed by atoms with Crippen molar-refractivity contribution >= 4 is 40.3 Å². The van der Waals surface area contributed by atoms with Crippen LogP contribution < -0.4 is 15.0 Å². The molecule has 0 amide bonds. The molecule has 1 aliphatic rings.